The SMILES string of the molecule is CC/C=C\C/C=C\C/C=C\C/C=C\CCCCCCCCCCCCCCCCCCC(=O)OCC(COC(=O)CCCCCCCCC/C=C\C/C=C\C/C=C\CC)OC(=O)CCCCCCCC/C=C\C/C=C\C/C=C\C/C=C\CC. The van der Waals surface area contributed by atoms with Crippen molar-refractivity contribution in [2.24, 2.45) is 0 Å². The van der Waals surface area contributed by atoms with E-state index in [9.17, 15) is 14.4 Å². The maximum absolute atomic E-state index is 12.9. The summed E-state index contributed by atoms with van der Waals surface area (Å²) in [6.07, 6.45) is 99.0. The van der Waals surface area contributed by atoms with Crippen LogP contribution in [0.3, 0.4) is 0 Å². The number of esters is 3. The molecule has 1 unspecified atom stereocenters. The molecule has 0 aromatic heterocycles. The van der Waals surface area contributed by atoms with Gasteiger partial charge in [-0.3, -0.25) is 14.4 Å². The van der Waals surface area contributed by atoms with E-state index < -0.39 is 6.10 Å². The van der Waals surface area contributed by atoms with Crippen LogP contribution in [0.4, 0.5) is 0 Å². The highest BCUT2D eigenvalue weighted by Crippen LogP contribution is 2.17. The Bertz CT molecular complexity index is 1750. The van der Waals surface area contributed by atoms with Gasteiger partial charge in [-0.2, -0.15) is 0 Å². The van der Waals surface area contributed by atoms with Gasteiger partial charge in [0.25, 0.3) is 0 Å². The molecule has 0 spiro atoms. The lowest BCUT2D eigenvalue weighted by molar-refractivity contribution is -0.167. The summed E-state index contributed by atoms with van der Waals surface area (Å²) >= 11 is 0. The monoisotopic (exact) mass is 1150 g/mol. The third kappa shape index (κ3) is 68.2. The first-order valence-corrected chi connectivity index (χ1v) is 34.7. The van der Waals surface area contributed by atoms with Gasteiger partial charge in [0, 0.05) is 19.3 Å². The Morgan fingerprint density at radius 2 is 0.434 bits per heavy atom. The fraction of sp³-hybridized carbons (Fsp3) is 0.675. The van der Waals surface area contributed by atoms with Crippen LogP contribution in [0, 0.1) is 0 Å². The normalized spacial score (nSPS) is 13.0. The van der Waals surface area contributed by atoms with Crippen molar-refractivity contribution in [3.8, 4) is 0 Å². The summed E-state index contributed by atoms with van der Waals surface area (Å²) in [5.41, 5.74) is 0. The zero-order valence-corrected chi connectivity index (χ0v) is 54.2. The van der Waals surface area contributed by atoms with Crippen molar-refractivity contribution in [2.75, 3.05) is 13.2 Å². The van der Waals surface area contributed by atoms with Crippen LogP contribution in [0.5, 0.6) is 0 Å². The van der Waals surface area contributed by atoms with Gasteiger partial charge in [0.1, 0.15) is 13.2 Å². The first-order valence-electron chi connectivity index (χ1n) is 34.7. The molecule has 0 saturated carbocycles. The van der Waals surface area contributed by atoms with Crippen LogP contribution in [0.25, 0.3) is 0 Å². The highest BCUT2D eigenvalue weighted by atomic mass is 16.6. The molecule has 0 aliphatic carbocycles. The Morgan fingerprint density at radius 3 is 0.675 bits per heavy atom. The molecule has 0 N–H and O–H groups in total. The zero-order chi connectivity index (χ0) is 59.9. The van der Waals surface area contributed by atoms with Gasteiger partial charge in [0.15, 0.2) is 6.10 Å². The molecule has 1 atom stereocenters. The molecule has 0 amide bonds. The maximum Gasteiger partial charge on any atom is 0.306 e. The standard InChI is InChI=1S/C77H128O6/c1-4-7-10-13-16-19-22-25-28-31-33-34-35-36-37-38-39-40-41-42-44-46-49-52-55-58-61-64-67-70-76(79)82-73-74(72-81-75(78)69-66-63-60-57-54-51-48-45-30-27-24-21-18-15-12-9-6-3)83-77(80)71-68-65-62-59-56-53-50-47-43-32-29-26-23-20-17-14-11-8-5-2/h7-12,16-21,25-30,33-34,43,47,74H,4-6,13-15,22-24,31-32,35-42,44-46,48-73H2,1-3H3/b10-7-,11-8-,12-9-,19-16-,20-17-,21-18-,28-25-,29-26-,30-27-,34-33-,47-43-. The fourth-order valence-corrected chi connectivity index (χ4v) is 9.56. The van der Waals surface area contributed by atoms with Gasteiger partial charge in [-0.1, -0.05) is 302 Å². The first-order chi connectivity index (χ1) is 41.0. The minimum Gasteiger partial charge on any atom is -0.462 e. The molecule has 472 valence electrons. The van der Waals surface area contributed by atoms with Crippen LogP contribution in [-0.2, 0) is 28.6 Å². The summed E-state index contributed by atoms with van der Waals surface area (Å²) in [4.78, 5) is 38.5. The molecule has 83 heavy (non-hydrogen) atoms. The molecule has 0 bridgehead atoms. The highest BCUT2D eigenvalue weighted by molar-refractivity contribution is 5.71. The molecular weight excluding hydrogens is 1020 g/mol. The van der Waals surface area contributed by atoms with Crippen molar-refractivity contribution in [1.82, 2.24) is 0 Å². The maximum atomic E-state index is 12.9. The molecule has 0 saturated heterocycles. The van der Waals surface area contributed by atoms with Crippen LogP contribution >= 0.6 is 0 Å². The number of ether oxygens (including phenoxy) is 3. The van der Waals surface area contributed by atoms with E-state index in [-0.39, 0.29) is 31.1 Å². The summed E-state index contributed by atoms with van der Waals surface area (Å²) in [5, 5.41) is 0. The lowest BCUT2D eigenvalue weighted by Gasteiger charge is -2.18. The van der Waals surface area contributed by atoms with Crippen molar-refractivity contribution in [2.45, 2.75) is 322 Å². The summed E-state index contributed by atoms with van der Waals surface area (Å²) < 4.78 is 17.0. The molecule has 0 aliphatic heterocycles. The van der Waals surface area contributed by atoms with Gasteiger partial charge >= 0.3 is 17.9 Å². The Hall–Kier alpha value is -4.45. The van der Waals surface area contributed by atoms with Crippen LogP contribution in [0.1, 0.15) is 316 Å². The van der Waals surface area contributed by atoms with Gasteiger partial charge in [0.05, 0.1) is 0 Å². The smallest absolute Gasteiger partial charge is 0.306 e. The quantitative estimate of drug-likeness (QED) is 0.0261. The van der Waals surface area contributed by atoms with E-state index in [1.165, 1.54) is 128 Å². The number of hydrogen-bond acceptors (Lipinski definition) is 6. The molecule has 0 aliphatic rings. The van der Waals surface area contributed by atoms with Gasteiger partial charge in [-0.25, -0.2) is 0 Å². The van der Waals surface area contributed by atoms with E-state index in [2.05, 4.69) is 154 Å². The second-order valence-electron chi connectivity index (χ2n) is 22.6. The number of rotatable bonds is 62. The van der Waals surface area contributed by atoms with Crippen molar-refractivity contribution < 1.29 is 28.6 Å². The molecule has 0 aromatic rings. The van der Waals surface area contributed by atoms with Crippen LogP contribution in [0.15, 0.2) is 134 Å². The highest BCUT2D eigenvalue weighted by Gasteiger charge is 2.19. The summed E-state index contributed by atoms with van der Waals surface area (Å²) in [7, 11) is 0. The van der Waals surface area contributed by atoms with Crippen molar-refractivity contribution >= 4 is 17.9 Å². The third-order valence-corrected chi connectivity index (χ3v) is 14.6. The van der Waals surface area contributed by atoms with Gasteiger partial charge in [-0.15, -0.1) is 0 Å². The Kier molecular flexibility index (Phi) is 66.3. The molecule has 0 fully saturated rings. The Morgan fingerprint density at radius 1 is 0.241 bits per heavy atom. The van der Waals surface area contributed by atoms with Gasteiger partial charge in [-0.05, 0) is 128 Å². The Balaban J connectivity index is 4.33. The van der Waals surface area contributed by atoms with E-state index in [1.54, 1.807) is 0 Å². The average molecular weight is 1150 g/mol. The number of carbonyl (C=O) groups is 3. The fourth-order valence-electron chi connectivity index (χ4n) is 9.56. The van der Waals surface area contributed by atoms with Crippen LogP contribution in [0.2, 0.25) is 0 Å². The van der Waals surface area contributed by atoms with Crippen LogP contribution in [-0.4, -0.2) is 37.2 Å². The number of hydrogen-bond donors (Lipinski definition) is 0. The molecule has 0 heterocycles. The van der Waals surface area contributed by atoms with E-state index in [0.717, 1.165) is 148 Å². The van der Waals surface area contributed by atoms with E-state index in [4.69, 9.17) is 14.2 Å². The summed E-state index contributed by atoms with van der Waals surface area (Å²) in [5.74, 6) is -0.904. The predicted molar refractivity (Wildman–Crippen MR) is 362 cm³/mol. The predicted octanol–water partition coefficient (Wildman–Crippen LogP) is 24.1. The number of unbranched alkanes of at least 4 members (excludes halogenated alkanes) is 29. The second kappa shape index (κ2) is 70.0. The molecule has 0 aromatic carbocycles. The second-order valence-corrected chi connectivity index (χ2v) is 22.6. The van der Waals surface area contributed by atoms with E-state index in [0.29, 0.717) is 19.3 Å². The lowest BCUT2D eigenvalue weighted by atomic mass is 10.0. The van der Waals surface area contributed by atoms with E-state index >= 15 is 0 Å². The minimum atomic E-state index is -0.796. The van der Waals surface area contributed by atoms with Crippen molar-refractivity contribution in [1.29, 1.82) is 0 Å². The first kappa shape index (κ1) is 78.5. The summed E-state index contributed by atoms with van der Waals surface area (Å²) in [6.45, 7) is 6.31. The largest absolute Gasteiger partial charge is 0.462 e. The minimum absolute atomic E-state index is 0.0886. The Labute approximate surface area is 513 Å². The number of carbonyl (C=O) groups excluding carboxylic acids is 3. The molecule has 0 radical (unpaired) electrons. The van der Waals surface area contributed by atoms with E-state index in [1.807, 2.05) is 0 Å². The number of allylic oxidation sites excluding steroid dienone is 22. The summed E-state index contributed by atoms with van der Waals surface area (Å²) in [6, 6.07) is 0. The average Bonchev–Trinajstić information content (AvgIpc) is 3.49. The zero-order valence-electron chi connectivity index (χ0n) is 54.2. The third-order valence-electron chi connectivity index (χ3n) is 14.6. The van der Waals surface area contributed by atoms with Gasteiger partial charge < -0.3 is 14.2 Å². The lowest BCUT2D eigenvalue weighted by Crippen LogP contribution is -2.30. The molecule has 0 rings (SSSR count). The van der Waals surface area contributed by atoms with Crippen LogP contribution < -0.4 is 0 Å². The van der Waals surface area contributed by atoms with Gasteiger partial charge in [0.2, 0.25) is 0 Å². The topological polar surface area (TPSA) is 78.9 Å². The van der Waals surface area contributed by atoms with Crippen molar-refractivity contribution in [3.63, 3.8) is 0 Å². The molecular formula is C77H128O6. The van der Waals surface area contributed by atoms with Crippen molar-refractivity contribution in [3.05, 3.63) is 134 Å². The molecule has 6 heteroatoms. The molecule has 6 nitrogen and oxygen atoms in total.